The number of nitrogens with two attached hydrogens (primary N) is 1. The SMILES string of the molecule is CN(Cc1cc(Br)cs1)C(=O)CCc1ccc(N)cc1. The van der Waals surface area contributed by atoms with Crippen molar-refractivity contribution < 1.29 is 4.79 Å². The molecule has 0 radical (unpaired) electrons. The fourth-order valence-electron chi connectivity index (χ4n) is 1.89. The van der Waals surface area contributed by atoms with Crippen LogP contribution in [0.2, 0.25) is 0 Å². The lowest BCUT2D eigenvalue weighted by Crippen LogP contribution is -2.25. The molecular weight excluding hydrogens is 336 g/mol. The molecule has 0 bridgehead atoms. The van der Waals surface area contributed by atoms with E-state index >= 15 is 0 Å². The van der Waals surface area contributed by atoms with Gasteiger partial charge in [0.2, 0.25) is 5.91 Å². The summed E-state index contributed by atoms with van der Waals surface area (Å²) < 4.78 is 1.07. The summed E-state index contributed by atoms with van der Waals surface area (Å²) in [6, 6.07) is 9.73. The minimum Gasteiger partial charge on any atom is -0.399 e. The van der Waals surface area contributed by atoms with E-state index in [9.17, 15) is 4.79 Å². The van der Waals surface area contributed by atoms with Gasteiger partial charge in [-0.25, -0.2) is 0 Å². The van der Waals surface area contributed by atoms with Crippen LogP contribution in [0.5, 0.6) is 0 Å². The largest absolute Gasteiger partial charge is 0.399 e. The van der Waals surface area contributed by atoms with E-state index in [0.29, 0.717) is 13.0 Å². The molecule has 0 unspecified atom stereocenters. The van der Waals surface area contributed by atoms with Crippen LogP contribution in [0.15, 0.2) is 40.2 Å². The van der Waals surface area contributed by atoms with Crippen molar-refractivity contribution in [2.24, 2.45) is 0 Å². The minimum absolute atomic E-state index is 0.159. The molecule has 3 nitrogen and oxygen atoms in total. The van der Waals surface area contributed by atoms with Gasteiger partial charge in [-0.3, -0.25) is 4.79 Å². The Morgan fingerprint density at radius 1 is 1.35 bits per heavy atom. The van der Waals surface area contributed by atoms with Gasteiger partial charge in [0.1, 0.15) is 0 Å². The lowest BCUT2D eigenvalue weighted by molar-refractivity contribution is -0.130. The Morgan fingerprint density at radius 3 is 2.65 bits per heavy atom. The molecule has 5 heteroatoms. The topological polar surface area (TPSA) is 46.3 Å². The van der Waals surface area contributed by atoms with Crippen LogP contribution in [0.1, 0.15) is 16.9 Å². The van der Waals surface area contributed by atoms with E-state index in [0.717, 1.165) is 22.1 Å². The molecule has 1 aromatic carbocycles. The Hall–Kier alpha value is -1.33. The Bertz CT molecular complexity index is 580. The van der Waals surface area contributed by atoms with Crippen LogP contribution >= 0.6 is 27.3 Å². The van der Waals surface area contributed by atoms with Gasteiger partial charge in [-0.1, -0.05) is 12.1 Å². The van der Waals surface area contributed by atoms with Crippen LogP contribution in [0.4, 0.5) is 5.69 Å². The van der Waals surface area contributed by atoms with Crippen LogP contribution in [0.3, 0.4) is 0 Å². The zero-order chi connectivity index (χ0) is 14.5. The van der Waals surface area contributed by atoms with Crippen molar-refractivity contribution in [3.05, 3.63) is 50.6 Å². The van der Waals surface area contributed by atoms with Gasteiger partial charge in [-0.15, -0.1) is 11.3 Å². The summed E-state index contributed by atoms with van der Waals surface area (Å²) in [4.78, 5) is 15.0. The predicted molar refractivity (Wildman–Crippen MR) is 87.7 cm³/mol. The first kappa shape index (κ1) is 15.1. The van der Waals surface area contributed by atoms with Crippen LogP contribution in [-0.4, -0.2) is 17.9 Å². The summed E-state index contributed by atoms with van der Waals surface area (Å²) >= 11 is 5.08. The lowest BCUT2D eigenvalue weighted by Gasteiger charge is -2.16. The Morgan fingerprint density at radius 2 is 2.05 bits per heavy atom. The van der Waals surface area contributed by atoms with Gasteiger partial charge >= 0.3 is 0 Å². The van der Waals surface area contributed by atoms with Crippen molar-refractivity contribution in [1.29, 1.82) is 0 Å². The van der Waals surface area contributed by atoms with Crippen molar-refractivity contribution in [1.82, 2.24) is 4.90 Å². The molecule has 0 saturated heterocycles. The number of amides is 1. The van der Waals surface area contributed by atoms with E-state index < -0.39 is 0 Å². The number of hydrogen-bond acceptors (Lipinski definition) is 3. The predicted octanol–water partition coefficient (Wildman–Crippen LogP) is 3.68. The standard InChI is InChI=1S/C15H17BrN2OS/c1-18(9-14-8-12(16)10-20-14)15(19)7-4-11-2-5-13(17)6-3-11/h2-3,5-6,8,10H,4,7,9,17H2,1H3. The van der Waals surface area contributed by atoms with E-state index in [4.69, 9.17) is 5.73 Å². The maximum atomic E-state index is 12.1. The number of halogens is 1. The van der Waals surface area contributed by atoms with E-state index in [1.165, 1.54) is 4.88 Å². The number of benzene rings is 1. The van der Waals surface area contributed by atoms with Gasteiger partial charge in [0, 0.05) is 33.9 Å². The second-order valence-corrected chi connectivity index (χ2v) is 6.63. The maximum Gasteiger partial charge on any atom is 0.222 e. The monoisotopic (exact) mass is 352 g/mol. The smallest absolute Gasteiger partial charge is 0.222 e. The van der Waals surface area contributed by atoms with Gasteiger partial charge in [0.05, 0.1) is 6.54 Å². The van der Waals surface area contributed by atoms with Gasteiger partial charge in [0.25, 0.3) is 0 Å². The van der Waals surface area contributed by atoms with Crippen molar-refractivity contribution in [2.45, 2.75) is 19.4 Å². The highest BCUT2D eigenvalue weighted by molar-refractivity contribution is 9.10. The Kier molecular flexibility index (Phi) is 5.20. The number of carbonyl (C=O) groups excluding carboxylic acids is 1. The summed E-state index contributed by atoms with van der Waals surface area (Å²) in [5.74, 6) is 0.159. The number of nitrogens with zero attached hydrogens (tertiary/aromatic N) is 1. The quantitative estimate of drug-likeness (QED) is 0.834. The van der Waals surface area contributed by atoms with E-state index in [1.807, 2.05) is 36.7 Å². The summed E-state index contributed by atoms with van der Waals surface area (Å²) in [7, 11) is 1.85. The van der Waals surface area contributed by atoms with Crippen LogP contribution in [0, 0.1) is 0 Å². The number of nitrogen functional groups attached to an aromatic ring is 1. The fourth-order valence-corrected chi connectivity index (χ4v) is 3.39. The van der Waals surface area contributed by atoms with Crippen molar-refractivity contribution in [3.63, 3.8) is 0 Å². The number of anilines is 1. The first-order valence-electron chi connectivity index (χ1n) is 6.36. The molecule has 1 amide bonds. The molecule has 0 aliphatic heterocycles. The van der Waals surface area contributed by atoms with Gasteiger partial charge in [0.15, 0.2) is 0 Å². The van der Waals surface area contributed by atoms with E-state index in [-0.39, 0.29) is 5.91 Å². The molecule has 0 spiro atoms. The third kappa shape index (κ3) is 4.35. The number of hydrogen-bond donors (Lipinski definition) is 1. The van der Waals surface area contributed by atoms with E-state index in [2.05, 4.69) is 22.0 Å². The molecule has 0 aliphatic rings. The second kappa shape index (κ2) is 6.90. The van der Waals surface area contributed by atoms with Crippen LogP contribution < -0.4 is 5.73 Å². The minimum atomic E-state index is 0.159. The van der Waals surface area contributed by atoms with Crippen LogP contribution in [-0.2, 0) is 17.8 Å². The summed E-state index contributed by atoms with van der Waals surface area (Å²) in [5.41, 5.74) is 7.53. The van der Waals surface area contributed by atoms with Crippen molar-refractivity contribution in [2.75, 3.05) is 12.8 Å². The summed E-state index contributed by atoms with van der Waals surface area (Å²) in [6.07, 6.45) is 1.27. The van der Waals surface area contributed by atoms with Gasteiger partial charge in [-0.2, -0.15) is 0 Å². The molecule has 0 fully saturated rings. The third-order valence-corrected chi connectivity index (χ3v) is 4.73. The lowest BCUT2D eigenvalue weighted by atomic mass is 10.1. The van der Waals surface area contributed by atoms with Gasteiger partial charge < -0.3 is 10.6 Å². The summed E-state index contributed by atoms with van der Waals surface area (Å²) in [6.45, 7) is 0.664. The number of aryl methyl sites for hydroxylation is 1. The Labute approximate surface area is 131 Å². The molecule has 2 aromatic rings. The molecular formula is C15H17BrN2OS. The molecule has 0 saturated carbocycles. The highest BCUT2D eigenvalue weighted by atomic mass is 79.9. The van der Waals surface area contributed by atoms with E-state index in [1.54, 1.807) is 16.2 Å². The second-order valence-electron chi connectivity index (χ2n) is 4.72. The first-order chi connectivity index (χ1) is 9.54. The molecule has 1 aromatic heterocycles. The normalized spacial score (nSPS) is 10.5. The van der Waals surface area contributed by atoms with Gasteiger partial charge in [-0.05, 0) is 46.1 Å². The average Bonchev–Trinajstić information content (AvgIpc) is 2.83. The molecule has 2 N–H and O–H groups in total. The molecule has 0 atom stereocenters. The maximum absolute atomic E-state index is 12.1. The molecule has 0 aliphatic carbocycles. The number of rotatable bonds is 5. The Balaban J connectivity index is 1.83. The summed E-state index contributed by atoms with van der Waals surface area (Å²) in [5, 5.41) is 2.03. The number of thiophene rings is 1. The highest BCUT2D eigenvalue weighted by Crippen LogP contribution is 2.21. The number of carbonyl (C=O) groups is 1. The highest BCUT2D eigenvalue weighted by Gasteiger charge is 2.10. The van der Waals surface area contributed by atoms with Crippen molar-refractivity contribution >= 4 is 38.9 Å². The average molecular weight is 353 g/mol. The molecule has 2 rings (SSSR count). The van der Waals surface area contributed by atoms with Crippen molar-refractivity contribution in [3.8, 4) is 0 Å². The molecule has 1 heterocycles. The molecule has 106 valence electrons. The zero-order valence-electron chi connectivity index (χ0n) is 11.3. The molecule has 20 heavy (non-hydrogen) atoms. The zero-order valence-corrected chi connectivity index (χ0v) is 13.7. The van der Waals surface area contributed by atoms with Crippen LogP contribution in [0.25, 0.3) is 0 Å². The first-order valence-corrected chi connectivity index (χ1v) is 8.03. The third-order valence-electron chi connectivity index (χ3n) is 3.05. The fraction of sp³-hybridized carbons (Fsp3) is 0.267.